The summed E-state index contributed by atoms with van der Waals surface area (Å²) in [6.45, 7) is 1.87. The van der Waals surface area contributed by atoms with Crippen LogP contribution in [0.25, 0.3) is 0 Å². The smallest absolute Gasteiger partial charge is 0.165 e. The molecule has 0 aliphatic rings. The second-order valence-electron chi connectivity index (χ2n) is 4.94. The molecule has 22 heavy (non-hydrogen) atoms. The SMILES string of the molecule is COc1cc(C(C)Nc2ccc(OC)c(CO)c2)ccc1F. The Morgan fingerprint density at radius 3 is 2.45 bits per heavy atom. The minimum atomic E-state index is -0.384. The number of aliphatic hydroxyl groups excluding tert-OH is 1. The first-order valence-electron chi connectivity index (χ1n) is 6.96. The molecule has 4 nitrogen and oxygen atoms in total. The summed E-state index contributed by atoms with van der Waals surface area (Å²) >= 11 is 0. The molecule has 2 aromatic carbocycles. The molecule has 2 rings (SSSR count). The Hall–Kier alpha value is -2.27. The van der Waals surface area contributed by atoms with Crippen LogP contribution in [-0.2, 0) is 6.61 Å². The lowest BCUT2D eigenvalue weighted by Gasteiger charge is -2.18. The van der Waals surface area contributed by atoms with Gasteiger partial charge in [0.2, 0.25) is 0 Å². The fraction of sp³-hybridized carbons (Fsp3) is 0.294. The van der Waals surface area contributed by atoms with Crippen molar-refractivity contribution >= 4 is 5.69 Å². The summed E-state index contributed by atoms with van der Waals surface area (Å²) in [7, 11) is 3.01. The van der Waals surface area contributed by atoms with Gasteiger partial charge in [0.1, 0.15) is 5.75 Å². The second kappa shape index (κ2) is 7.13. The van der Waals surface area contributed by atoms with Crippen molar-refractivity contribution in [2.45, 2.75) is 19.6 Å². The molecule has 2 N–H and O–H groups in total. The Kier molecular flexibility index (Phi) is 5.22. The van der Waals surface area contributed by atoms with Crippen LogP contribution in [0.15, 0.2) is 36.4 Å². The van der Waals surface area contributed by atoms with Gasteiger partial charge < -0.3 is 19.9 Å². The van der Waals surface area contributed by atoms with E-state index in [0.29, 0.717) is 11.3 Å². The average Bonchev–Trinajstić information content (AvgIpc) is 2.55. The molecule has 0 bridgehead atoms. The lowest BCUT2D eigenvalue weighted by Crippen LogP contribution is -2.07. The minimum Gasteiger partial charge on any atom is -0.496 e. The van der Waals surface area contributed by atoms with Gasteiger partial charge in [-0.3, -0.25) is 0 Å². The highest BCUT2D eigenvalue weighted by molar-refractivity contribution is 5.52. The number of nitrogens with one attached hydrogen (secondary N) is 1. The van der Waals surface area contributed by atoms with Crippen LogP contribution < -0.4 is 14.8 Å². The summed E-state index contributed by atoms with van der Waals surface area (Å²) < 4.78 is 23.6. The first-order valence-corrected chi connectivity index (χ1v) is 6.96. The Morgan fingerprint density at radius 2 is 1.82 bits per heavy atom. The maximum Gasteiger partial charge on any atom is 0.165 e. The molecule has 0 spiro atoms. The zero-order chi connectivity index (χ0) is 16.1. The molecule has 0 fully saturated rings. The van der Waals surface area contributed by atoms with Crippen LogP contribution in [-0.4, -0.2) is 19.3 Å². The van der Waals surface area contributed by atoms with E-state index in [0.717, 1.165) is 11.3 Å². The van der Waals surface area contributed by atoms with Crippen molar-refractivity contribution in [1.29, 1.82) is 0 Å². The van der Waals surface area contributed by atoms with Gasteiger partial charge in [-0.05, 0) is 42.8 Å². The fourth-order valence-corrected chi connectivity index (χ4v) is 2.27. The predicted molar refractivity (Wildman–Crippen MR) is 83.9 cm³/mol. The van der Waals surface area contributed by atoms with Gasteiger partial charge in [-0.1, -0.05) is 6.07 Å². The van der Waals surface area contributed by atoms with Crippen molar-refractivity contribution in [3.8, 4) is 11.5 Å². The number of aliphatic hydroxyl groups is 1. The quantitative estimate of drug-likeness (QED) is 0.857. The molecule has 0 aliphatic carbocycles. The zero-order valence-electron chi connectivity index (χ0n) is 12.9. The van der Waals surface area contributed by atoms with E-state index in [-0.39, 0.29) is 24.2 Å². The van der Waals surface area contributed by atoms with Crippen molar-refractivity contribution in [2.75, 3.05) is 19.5 Å². The number of ether oxygens (including phenoxy) is 2. The van der Waals surface area contributed by atoms with Crippen molar-refractivity contribution < 1.29 is 19.0 Å². The van der Waals surface area contributed by atoms with Gasteiger partial charge in [0, 0.05) is 17.3 Å². The van der Waals surface area contributed by atoms with Crippen LogP contribution >= 0.6 is 0 Å². The van der Waals surface area contributed by atoms with E-state index in [1.165, 1.54) is 13.2 Å². The third-order valence-corrected chi connectivity index (χ3v) is 3.51. The molecule has 0 heterocycles. The van der Waals surface area contributed by atoms with E-state index in [1.54, 1.807) is 25.3 Å². The molecule has 0 saturated carbocycles. The van der Waals surface area contributed by atoms with Crippen molar-refractivity contribution in [3.05, 3.63) is 53.3 Å². The highest BCUT2D eigenvalue weighted by Crippen LogP contribution is 2.27. The molecule has 1 unspecified atom stereocenters. The summed E-state index contributed by atoms with van der Waals surface area (Å²) in [4.78, 5) is 0. The van der Waals surface area contributed by atoms with Gasteiger partial charge in [0.05, 0.1) is 20.8 Å². The van der Waals surface area contributed by atoms with Gasteiger partial charge in [-0.2, -0.15) is 0 Å². The number of hydrogen-bond donors (Lipinski definition) is 2. The van der Waals surface area contributed by atoms with Gasteiger partial charge >= 0.3 is 0 Å². The molecular weight excluding hydrogens is 285 g/mol. The van der Waals surface area contributed by atoms with Crippen LogP contribution in [0.1, 0.15) is 24.1 Å². The van der Waals surface area contributed by atoms with E-state index in [1.807, 2.05) is 19.1 Å². The lowest BCUT2D eigenvalue weighted by atomic mass is 10.1. The monoisotopic (exact) mass is 305 g/mol. The summed E-state index contributed by atoms with van der Waals surface area (Å²) in [5.41, 5.74) is 2.46. The average molecular weight is 305 g/mol. The summed E-state index contributed by atoms with van der Waals surface area (Å²) in [6.07, 6.45) is 0. The fourth-order valence-electron chi connectivity index (χ4n) is 2.27. The molecule has 0 radical (unpaired) electrons. The predicted octanol–water partition coefficient (Wildman–Crippen LogP) is 3.51. The number of anilines is 1. The molecule has 1 atom stereocenters. The highest BCUT2D eigenvalue weighted by Gasteiger charge is 2.11. The maximum atomic E-state index is 13.5. The van der Waals surface area contributed by atoms with E-state index >= 15 is 0 Å². The van der Waals surface area contributed by atoms with Crippen LogP contribution in [0.2, 0.25) is 0 Å². The van der Waals surface area contributed by atoms with E-state index < -0.39 is 0 Å². The number of halogens is 1. The molecular formula is C17H20FNO3. The maximum absolute atomic E-state index is 13.5. The molecule has 118 valence electrons. The van der Waals surface area contributed by atoms with Gasteiger partial charge in [-0.25, -0.2) is 4.39 Å². The summed E-state index contributed by atoms with van der Waals surface area (Å²) in [5.74, 6) is 0.478. The van der Waals surface area contributed by atoms with Crippen LogP contribution in [0, 0.1) is 5.82 Å². The van der Waals surface area contributed by atoms with Crippen molar-refractivity contribution in [1.82, 2.24) is 0 Å². The normalized spacial score (nSPS) is 11.9. The van der Waals surface area contributed by atoms with E-state index in [2.05, 4.69) is 5.32 Å². The van der Waals surface area contributed by atoms with E-state index in [9.17, 15) is 9.50 Å². The molecule has 0 saturated heterocycles. The third-order valence-electron chi connectivity index (χ3n) is 3.51. The highest BCUT2D eigenvalue weighted by atomic mass is 19.1. The lowest BCUT2D eigenvalue weighted by molar-refractivity contribution is 0.274. The molecule has 0 amide bonds. The summed E-state index contributed by atoms with van der Waals surface area (Å²) in [5, 5.41) is 12.7. The first-order chi connectivity index (χ1) is 10.6. The molecule has 0 aromatic heterocycles. The number of hydrogen-bond acceptors (Lipinski definition) is 4. The Labute approximate surface area is 129 Å². The zero-order valence-corrected chi connectivity index (χ0v) is 12.9. The molecule has 5 heteroatoms. The second-order valence-corrected chi connectivity index (χ2v) is 4.94. The van der Waals surface area contributed by atoms with Crippen LogP contribution in [0.5, 0.6) is 11.5 Å². The summed E-state index contributed by atoms with van der Waals surface area (Å²) in [6, 6.07) is 10.2. The number of benzene rings is 2. The topological polar surface area (TPSA) is 50.7 Å². The van der Waals surface area contributed by atoms with Gasteiger partial charge in [-0.15, -0.1) is 0 Å². The minimum absolute atomic E-state index is 0.0468. The Bertz CT molecular complexity index is 646. The van der Waals surface area contributed by atoms with Gasteiger partial charge in [0.25, 0.3) is 0 Å². The largest absolute Gasteiger partial charge is 0.496 e. The van der Waals surface area contributed by atoms with E-state index in [4.69, 9.17) is 9.47 Å². The number of rotatable bonds is 6. The van der Waals surface area contributed by atoms with Gasteiger partial charge in [0.15, 0.2) is 11.6 Å². The standard InChI is InChI=1S/C17H20FNO3/c1-11(12-4-6-15(18)17(9-12)22-3)19-14-5-7-16(21-2)13(8-14)10-20/h4-9,11,19-20H,10H2,1-3H3. The third kappa shape index (κ3) is 3.49. The molecule has 2 aromatic rings. The van der Waals surface area contributed by atoms with Crippen molar-refractivity contribution in [3.63, 3.8) is 0 Å². The van der Waals surface area contributed by atoms with Crippen LogP contribution in [0.4, 0.5) is 10.1 Å². The number of methoxy groups -OCH3 is 2. The Balaban J connectivity index is 2.19. The Morgan fingerprint density at radius 1 is 1.09 bits per heavy atom. The van der Waals surface area contributed by atoms with Crippen molar-refractivity contribution in [2.24, 2.45) is 0 Å². The molecule has 0 aliphatic heterocycles. The first kappa shape index (κ1) is 16.1. The van der Waals surface area contributed by atoms with Crippen LogP contribution in [0.3, 0.4) is 0 Å².